The zero-order valence-corrected chi connectivity index (χ0v) is 60.6. The van der Waals surface area contributed by atoms with Gasteiger partial charge in [0.25, 0.3) is 0 Å². The molecular formula is C66H86Cl2N12O17P2. The highest BCUT2D eigenvalue weighted by Crippen LogP contribution is 2.51. The maximum atomic E-state index is 14.4. The van der Waals surface area contributed by atoms with Crippen LogP contribution in [0.15, 0.2) is 73.3 Å². The minimum atomic E-state index is -4.42. The lowest BCUT2D eigenvalue weighted by Crippen LogP contribution is -2.46. The van der Waals surface area contributed by atoms with Crippen LogP contribution in [0.5, 0.6) is 11.5 Å². The average Bonchev–Trinajstić information content (AvgIpc) is 1.61. The number of esters is 4. The summed E-state index contributed by atoms with van der Waals surface area (Å²) in [6.07, 6.45) is 14.3. The van der Waals surface area contributed by atoms with Crippen molar-refractivity contribution in [3.8, 4) is 36.2 Å². The largest absolute Gasteiger partial charge is 0.464 e. The van der Waals surface area contributed by atoms with E-state index < -0.39 is 112 Å². The van der Waals surface area contributed by atoms with Crippen molar-refractivity contribution in [3.63, 3.8) is 0 Å². The molecule has 0 radical (unpaired) electrons. The lowest BCUT2D eigenvalue weighted by Gasteiger charge is -2.31. The number of carbonyl (C=O) groups excluding carboxylic acids is 5. The van der Waals surface area contributed by atoms with Gasteiger partial charge < -0.3 is 48.5 Å². The number of para-hydroxylation sites is 2. The van der Waals surface area contributed by atoms with E-state index in [4.69, 9.17) is 88.3 Å². The minimum Gasteiger partial charge on any atom is -0.464 e. The predicted molar refractivity (Wildman–Crippen MR) is 367 cm³/mol. The summed E-state index contributed by atoms with van der Waals surface area (Å²) in [5.74, 6) is 1.93. The highest BCUT2D eigenvalue weighted by molar-refractivity contribution is 7.52. The first kappa shape index (κ1) is 78.5. The third-order valence-corrected chi connectivity index (χ3v) is 19.8. The molecule has 10 atom stereocenters. The van der Waals surface area contributed by atoms with Crippen LogP contribution in [0.3, 0.4) is 0 Å². The van der Waals surface area contributed by atoms with Crippen LogP contribution in [0.4, 0.5) is 11.6 Å². The number of nitrogens with zero attached hydrogens (tertiary/aromatic N) is 8. The number of carbonyl (C=O) groups is 5. The van der Waals surface area contributed by atoms with Gasteiger partial charge in [0.2, 0.25) is 16.5 Å². The van der Waals surface area contributed by atoms with Crippen molar-refractivity contribution >= 4 is 102 Å². The summed E-state index contributed by atoms with van der Waals surface area (Å²) < 4.78 is 90.7. The number of aromatic nitrogens is 8. The normalized spacial score (nSPS) is 20.9. The Labute approximate surface area is 585 Å². The van der Waals surface area contributed by atoms with Crippen molar-refractivity contribution in [3.05, 3.63) is 83.9 Å². The molecule has 6 heterocycles. The number of imidazole rings is 2. The number of anilines is 2. The van der Waals surface area contributed by atoms with Crippen LogP contribution in [0.1, 0.15) is 134 Å². The fraction of sp³-hybridized carbons (Fsp3) is 0.530. The van der Waals surface area contributed by atoms with Crippen molar-refractivity contribution in [1.29, 1.82) is 0 Å². The number of ether oxygens (including phenoxy) is 6. The topological polar surface area (TPSA) is 361 Å². The third-order valence-electron chi connectivity index (χ3n) is 16.2. The van der Waals surface area contributed by atoms with Crippen LogP contribution >= 0.6 is 38.7 Å². The number of benzene rings is 2. The number of hydrogen-bond donors (Lipinski definition) is 4. The van der Waals surface area contributed by atoms with E-state index in [9.17, 15) is 33.1 Å². The Balaban J connectivity index is 0.000000280. The van der Waals surface area contributed by atoms with Gasteiger partial charge in [0.1, 0.15) is 67.0 Å². The second-order valence-electron chi connectivity index (χ2n) is 24.5. The SMILES string of the molecule is C#C[C@]1(CO[P@@](=O)(N[C@@H](C)C(=O)OCC(CC)CC)Oc2ccccc2)O[C@@H](n2cnc3c(N)nc(Cl)nc32)C[C@@H]1OC(=O)C(C)C.C#C[C@]1(CO[P@@](=O)(N[C@@H](C)C(=O)OCC(CC)CC)Oc2ccccc2)O[C@@H](n2cnc3c(NC(=O)C(C)C)nc(Cl)nc32)C[C@@H]1OC(=O)C(C)C. The summed E-state index contributed by atoms with van der Waals surface area (Å²) in [5.41, 5.74) is 3.35. The van der Waals surface area contributed by atoms with Crippen LogP contribution in [0.2, 0.25) is 10.6 Å². The van der Waals surface area contributed by atoms with Gasteiger partial charge in [0, 0.05) is 18.8 Å². The van der Waals surface area contributed by atoms with E-state index in [0.717, 1.165) is 25.7 Å². The molecule has 2 fully saturated rings. The van der Waals surface area contributed by atoms with Gasteiger partial charge in [0.15, 0.2) is 39.6 Å². The molecule has 2 saturated heterocycles. The lowest BCUT2D eigenvalue weighted by atomic mass is 9.98. The van der Waals surface area contributed by atoms with Gasteiger partial charge in [-0.1, -0.05) is 143 Å². The molecule has 6 aromatic rings. The zero-order chi connectivity index (χ0) is 72.6. The van der Waals surface area contributed by atoms with Gasteiger partial charge in [-0.05, 0) is 73.2 Å². The number of fused-ring (bicyclic) bond motifs is 2. The molecule has 0 spiro atoms. The van der Waals surface area contributed by atoms with Crippen LogP contribution < -0.4 is 30.3 Å². The van der Waals surface area contributed by atoms with Crippen LogP contribution in [-0.4, -0.2) is 131 Å². The molecule has 5 N–H and O–H groups in total. The molecular weight excluding hydrogens is 1370 g/mol. The van der Waals surface area contributed by atoms with Crippen molar-refractivity contribution < 1.29 is 79.6 Å². The summed E-state index contributed by atoms with van der Waals surface area (Å²) in [6.45, 7) is 20.3. The van der Waals surface area contributed by atoms with E-state index in [0.29, 0.717) is 0 Å². The molecule has 99 heavy (non-hydrogen) atoms. The number of amides is 1. The Bertz CT molecular complexity index is 3960. The van der Waals surface area contributed by atoms with E-state index >= 15 is 0 Å². The number of hydrogen-bond acceptors (Lipinski definition) is 24. The second-order valence-corrected chi connectivity index (χ2v) is 28.6. The quantitative estimate of drug-likeness (QED) is 0.0100. The molecule has 0 saturated carbocycles. The standard InChI is InChI=1S/C35H46ClN6O9P.C31H40ClN6O8P/c1-9-24(10-2)18-47-33(45)23(8)41-52(46,51-25-15-13-12-14-16-25)48-19-35(11-3)26(49-32(44)22(6)7)17-27(50-35)42-20-37-28-29(38-31(43)21(4)5)39-34(36)40-30(28)42;1-7-21(8-2)16-42-29(40)20(6)37-47(41,46-22-13-11-10-12-14-22)43-17-31(9-3)23(44-28(39)19(4)5)15-24(45-31)38-18-34-25-26(33)35-30(32)36-27(25)38/h3,12-16,20-24,26-27H,9-10,17-19H2,1-2,4-8H3,(H,41,46)(H,38,39,40,43);3,10-14,18-21,23-24H,7-8,15-17H2,1-2,4-6H3,(H,37,41)(H2,33,35,36)/t23-,26-,27+,35+,52-;20-,23-,24+,31+,47-/m00/s1. The maximum absolute atomic E-state index is 14.4. The van der Waals surface area contributed by atoms with E-state index in [1.165, 1.54) is 35.6 Å². The molecule has 0 unspecified atom stereocenters. The Hall–Kier alpha value is -7.79. The first-order valence-corrected chi connectivity index (χ1v) is 36.3. The Kier molecular flexibility index (Phi) is 27.8. The van der Waals surface area contributed by atoms with Gasteiger partial charge in [-0.2, -0.15) is 30.1 Å². The first-order valence-electron chi connectivity index (χ1n) is 32.4. The molecule has 0 bridgehead atoms. The van der Waals surface area contributed by atoms with Crippen LogP contribution in [0.25, 0.3) is 22.3 Å². The number of terminal acetylenes is 2. The average molecular weight is 1450 g/mol. The van der Waals surface area contributed by atoms with Crippen LogP contribution in [-0.2, 0) is 70.6 Å². The summed E-state index contributed by atoms with van der Waals surface area (Å²) >= 11 is 12.3. The highest BCUT2D eigenvalue weighted by atomic mass is 35.5. The molecule has 2 aliphatic heterocycles. The van der Waals surface area contributed by atoms with Crippen LogP contribution in [0, 0.1) is 54.3 Å². The predicted octanol–water partition coefficient (Wildman–Crippen LogP) is 11.2. The Morgan fingerprint density at radius 3 is 1.38 bits per heavy atom. The summed E-state index contributed by atoms with van der Waals surface area (Å²) in [7, 11) is -8.79. The van der Waals surface area contributed by atoms with E-state index in [1.807, 2.05) is 27.7 Å². The summed E-state index contributed by atoms with van der Waals surface area (Å²) in [6, 6.07) is 14.3. The van der Waals surface area contributed by atoms with Gasteiger partial charge in [-0.3, -0.25) is 42.2 Å². The van der Waals surface area contributed by atoms with Crippen molar-refractivity contribution in [2.24, 2.45) is 29.6 Å². The first-order chi connectivity index (χ1) is 47.0. The van der Waals surface area contributed by atoms with Crippen molar-refractivity contribution in [2.45, 2.75) is 170 Å². The zero-order valence-electron chi connectivity index (χ0n) is 57.3. The lowest BCUT2D eigenvalue weighted by molar-refractivity contribution is -0.162. The number of rotatable bonds is 32. The molecule has 1 amide bonds. The Morgan fingerprint density at radius 2 is 1.00 bits per heavy atom. The highest BCUT2D eigenvalue weighted by Gasteiger charge is 2.55. The smallest absolute Gasteiger partial charge is 0.459 e. The maximum Gasteiger partial charge on any atom is 0.459 e. The van der Waals surface area contributed by atoms with Crippen molar-refractivity contribution in [1.82, 2.24) is 49.2 Å². The summed E-state index contributed by atoms with van der Waals surface area (Å²) in [4.78, 5) is 89.4. The molecule has 536 valence electrons. The van der Waals surface area contributed by atoms with Crippen molar-refractivity contribution in [2.75, 3.05) is 37.5 Å². The van der Waals surface area contributed by atoms with E-state index in [2.05, 4.69) is 57.2 Å². The molecule has 8 rings (SSSR count). The number of nitrogens with one attached hydrogen (secondary N) is 3. The van der Waals surface area contributed by atoms with Gasteiger partial charge in [-0.15, -0.1) is 12.8 Å². The fourth-order valence-corrected chi connectivity index (χ4v) is 13.3. The number of nitrogen functional groups attached to an aromatic ring is 1. The molecule has 29 nitrogen and oxygen atoms in total. The molecule has 33 heteroatoms. The second kappa shape index (κ2) is 35.0. The van der Waals surface area contributed by atoms with Gasteiger partial charge >= 0.3 is 39.4 Å². The summed E-state index contributed by atoms with van der Waals surface area (Å²) in [5, 5.41) is 7.75. The molecule has 2 aliphatic rings. The number of halogens is 2. The van der Waals surface area contributed by atoms with Gasteiger partial charge in [0.05, 0.1) is 37.7 Å². The third kappa shape index (κ3) is 20.2. The number of nitrogens with two attached hydrogens (primary N) is 1. The monoisotopic (exact) mass is 1450 g/mol. The van der Waals surface area contributed by atoms with E-state index in [-0.39, 0.29) is 106 Å². The minimum absolute atomic E-state index is 0.0111. The van der Waals surface area contributed by atoms with Gasteiger partial charge in [-0.25, -0.2) is 19.1 Å². The molecule has 4 aromatic heterocycles. The fourth-order valence-electron chi connectivity index (χ4n) is 9.88. The molecule has 2 aromatic carbocycles. The Morgan fingerprint density at radius 1 is 0.606 bits per heavy atom. The van der Waals surface area contributed by atoms with E-state index in [1.54, 1.807) is 102 Å². The molecule has 0 aliphatic carbocycles.